The van der Waals surface area contributed by atoms with Gasteiger partial charge in [-0.3, -0.25) is 20.0 Å². The number of thioether (sulfide) groups is 1. The molecule has 0 aromatic carbocycles. The number of halogens is 2. The Morgan fingerprint density at radius 1 is 1.20 bits per heavy atom. The number of pyridine rings is 1. The minimum atomic E-state index is -4.15. The van der Waals surface area contributed by atoms with Gasteiger partial charge in [-0.15, -0.1) is 0 Å². The molecule has 3 N–H and O–H groups in total. The number of aromatic nitrogens is 2. The third-order valence-electron chi connectivity index (χ3n) is 8.53. The SMILES string of the molecule is N#CC1(C(=N)SC(=N)c2ncc3c(N4CCN(C(=O)C5CC(F)C5)CC4)cc(S(=O)(=O)NC4(CF)CC4)cn23)CC1. The lowest BCUT2D eigenvalue weighted by Crippen LogP contribution is -2.52. The molecule has 0 unspecified atom stereocenters. The van der Waals surface area contributed by atoms with E-state index in [9.17, 15) is 27.3 Å². The van der Waals surface area contributed by atoms with Crippen LogP contribution in [0.4, 0.5) is 14.5 Å². The number of rotatable bonds is 8. The van der Waals surface area contributed by atoms with Gasteiger partial charge in [-0.05, 0) is 44.6 Å². The molecule has 218 valence electrons. The maximum atomic E-state index is 13.6. The van der Waals surface area contributed by atoms with E-state index in [1.54, 1.807) is 4.90 Å². The third kappa shape index (κ3) is 5.10. The number of sulfonamides is 1. The largest absolute Gasteiger partial charge is 0.366 e. The summed E-state index contributed by atoms with van der Waals surface area (Å²) in [7, 11) is -4.15. The number of carbonyl (C=O) groups is 1. The Morgan fingerprint density at radius 2 is 1.88 bits per heavy atom. The molecule has 4 fully saturated rings. The number of nitrogens with zero attached hydrogens (tertiary/aromatic N) is 5. The van der Waals surface area contributed by atoms with Crippen molar-refractivity contribution in [1.82, 2.24) is 19.0 Å². The molecule has 2 aromatic heterocycles. The van der Waals surface area contributed by atoms with Crippen molar-refractivity contribution in [2.24, 2.45) is 11.3 Å². The van der Waals surface area contributed by atoms with Gasteiger partial charge in [0, 0.05) is 38.3 Å². The zero-order valence-corrected chi connectivity index (χ0v) is 23.8. The highest BCUT2D eigenvalue weighted by molar-refractivity contribution is 8.26. The summed E-state index contributed by atoms with van der Waals surface area (Å²) >= 11 is 0.820. The second-order valence-electron chi connectivity index (χ2n) is 11.4. The van der Waals surface area contributed by atoms with Crippen molar-refractivity contribution in [2.75, 3.05) is 37.8 Å². The molecule has 41 heavy (non-hydrogen) atoms. The molecular weight excluding hydrogens is 574 g/mol. The van der Waals surface area contributed by atoms with Gasteiger partial charge < -0.3 is 9.80 Å². The lowest BCUT2D eigenvalue weighted by molar-refractivity contribution is -0.140. The van der Waals surface area contributed by atoms with Gasteiger partial charge in [-0.1, -0.05) is 11.8 Å². The molecule has 3 aliphatic carbocycles. The van der Waals surface area contributed by atoms with Gasteiger partial charge in [0.05, 0.1) is 34.1 Å². The predicted molar refractivity (Wildman–Crippen MR) is 149 cm³/mol. The Bertz CT molecular complexity index is 1580. The van der Waals surface area contributed by atoms with Crippen molar-refractivity contribution in [3.05, 3.63) is 24.3 Å². The van der Waals surface area contributed by atoms with Crippen LogP contribution in [0.25, 0.3) is 5.52 Å². The van der Waals surface area contributed by atoms with Crippen LogP contribution in [0.15, 0.2) is 23.4 Å². The first-order valence-electron chi connectivity index (χ1n) is 13.6. The van der Waals surface area contributed by atoms with E-state index >= 15 is 0 Å². The Hall–Kier alpha value is -3.09. The number of hydrogen-bond acceptors (Lipinski definition) is 9. The molecule has 0 bridgehead atoms. The number of hydrogen-bond donors (Lipinski definition) is 3. The zero-order chi connectivity index (χ0) is 29.2. The standard InChI is InChI=1S/C26H30F2N8O3S2/c27-14-26(3-4-26)33-41(38,39)18-11-19(34-5-7-35(8-6-34)23(37)16-9-17(28)10-16)20-12-32-22(36(20)13-18)21(30)40-24(31)25(15-29)1-2-25/h11-13,16-17,30-31,33H,1-10,14H2. The lowest BCUT2D eigenvalue weighted by Gasteiger charge is -2.40. The summed E-state index contributed by atoms with van der Waals surface area (Å²) in [6, 6.07) is 3.64. The molecule has 3 saturated carbocycles. The monoisotopic (exact) mass is 604 g/mol. The number of nitriles is 1. The number of nitrogens with one attached hydrogen (secondary N) is 3. The molecule has 0 atom stereocenters. The van der Waals surface area contributed by atoms with E-state index in [2.05, 4.69) is 15.8 Å². The highest BCUT2D eigenvalue weighted by Gasteiger charge is 2.49. The van der Waals surface area contributed by atoms with Crippen LogP contribution >= 0.6 is 11.8 Å². The summed E-state index contributed by atoms with van der Waals surface area (Å²) in [5, 5.41) is 26.4. The summed E-state index contributed by atoms with van der Waals surface area (Å²) in [6.45, 7) is 0.764. The first-order chi connectivity index (χ1) is 19.5. The van der Waals surface area contributed by atoms with Crippen LogP contribution in [0.5, 0.6) is 0 Å². The first-order valence-corrected chi connectivity index (χ1v) is 15.9. The van der Waals surface area contributed by atoms with E-state index < -0.39 is 33.8 Å². The molecular formula is C26H30F2N8O3S2. The highest BCUT2D eigenvalue weighted by Crippen LogP contribution is 2.49. The van der Waals surface area contributed by atoms with Crippen molar-refractivity contribution < 1.29 is 22.0 Å². The van der Waals surface area contributed by atoms with Crippen molar-refractivity contribution in [3.63, 3.8) is 0 Å². The van der Waals surface area contributed by atoms with Gasteiger partial charge in [0.2, 0.25) is 15.9 Å². The molecule has 1 amide bonds. The Balaban J connectivity index is 1.31. The number of alkyl halides is 2. The molecule has 15 heteroatoms. The number of anilines is 1. The van der Waals surface area contributed by atoms with Gasteiger partial charge in [-0.25, -0.2) is 26.9 Å². The van der Waals surface area contributed by atoms with Crippen molar-refractivity contribution in [3.8, 4) is 6.07 Å². The predicted octanol–water partition coefficient (Wildman–Crippen LogP) is 2.85. The van der Waals surface area contributed by atoms with E-state index in [0.29, 0.717) is 63.1 Å². The number of piperazine rings is 1. The summed E-state index contributed by atoms with van der Waals surface area (Å²) in [6.07, 6.45) is 4.38. The van der Waals surface area contributed by atoms with Crippen molar-refractivity contribution in [2.45, 2.75) is 55.1 Å². The van der Waals surface area contributed by atoms with Gasteiger partial charge in [0.25, 0.3) is 0 Å². The van der Waals surface area contributed by atoms with Crippen LogP contribution in [0.1, 0.15) is 44.3 Å². The summed E-state index contributed by atoms with van der Waals surface area (Å²) in [5.41, 5.74) is -0.922. The lowest BCUT2D eigenvalue weighted by atomic mass is 9.82. The van der Waals surface area contributed by atoms with Crippen LogP contribution in [0.2, 0.25) is 0 Å². The van der Waals surface area contributed by atoms with Crippen LogP contribution in [0, 0.1) is 33.5 Å². The average molecular weight is 605 g/mol. The van der Waals surface area contributed by atoms with E-state index in [4.69, 9.17) is 10.8 Å². The maximum absolute atomic E-state index is 13.6. The normalized spacial score (nSPS) is 24.4. The van der Waals surface area contributed by atoms with E-state index in [1.807, 2.05) is 4.90 Å². The number of imidazole rings is 1. The third-order valence-corrected chi connectivity index (χ3v) is 11.1. The Kier molecular flexibility index (Phi) is 6.86. The van der Waals surface area contributed by atoms with Gasteiger partial charge >= 0.3 is 0 Å². The van der Waals surface area contributed by atoms with Crippen molar-refractivity contribution in [1.29, 1.82) is 16.1 Å². The van der Waals surface area contributed by atoms with Crippen LogP contribution in [-0.2, 0) is 14.8 Å². The molecule has 0 radical (unpaired) electrons. The highest BCUT2D eigenvalue weighted by atomic mass is 32.2. The maximum Gasteiger partial charge on any atom is 0.242 e. The molecule has 11 nitrogen and oxygen atoms in total. The summed E-state index contributed by atoms with van der Waals surface area (Å²) in [5.74, 6) is -0.230. The molecule has 2 aromatic rings. The minimum Gasteiger partial charge on any atom is -0.366 e. The molecule has 3 heterocycles. The quantitative estimate of drug-likeness (QED) is 0.309. The van der Waals surface area contributed by atoms with E-state index in [-0.39, 0.29) is 45.5 Å². The minimum absolute atomic E-state index is 0.0531. The average Bonchev–Trinajstić information content (AvgIpc) is 3.86. The number of fused-ring (bicyclic) bond motifs is 1. The Labute approximate surface area is 240 Å². The van der Waals surface area contributed by atoms with Gasteiger partial charge in [0.1, 0.15) is 28.2 Å². The fourth-order valence-electron chi connectivity index (χ4n) is 5.32. The molecule has 6 rings (SSSR count). The first kappa shape index (κ1) is 28.0. The second kappa shape index (κ2) is 10.0. The molecule has 1 saturated heterocycles. The van der Waals surface area contributed by atoms with Crippen LogP contribution < -0.4 is 9.62 Å². The van der Waals surface area contributed by atoms with Crippen LogP contribution in [0.3, 0.4) is 0 Å². The van der Waals surface area contributed by atoms with Crippen molar-refractivity contribution >= 4 is 49.0 Å². The van der Waals surface area contributed by atoms with E-state index in [0.717, 1.165) is 11.8 Å². The number of amides is 1. The molecule has 4 aliphatic rings. The van der Waals surface area contributed by atoms with Gasteiger partial charge in [0.15, 0.2) is 5.82 Å². The van der Waals surface area contributed by atoms with Gasteiger partial charge in [-0.2, -0.15) is 5.26 Å². The summed E-state index contributed by atoms with van der Waals surface area (Å²) < 4.78 is 57.7. The molecule has 0 spiro atoms. The summed E-state index contributed by atoms with van der Waals surface area (Å²) in [4.78, 5) is 20.7. The van der Waals surface area contributed by atoms with E-state index in [1.165, 1.54) is 22.9 Å². The zero-order valence-electron chi connectivity index (χ0n) is 22.2. The molecule has 1 aliphatic heterocycles. The topological polar surface area (TPSA) is 159 Å². The van der Waals surface area contributed by atoms with Crippen LogP contribution in [-0.4, -0.2) is 83.3 Å². The fraction of sp³-hybridized carbons (Fsp3) is 0.577. The Morgan fingerprint density at radius 3 is 2.44 bits per heavy atom. The fourth-order valence-corrected chi connectivity index (χ4v) is 7.67. The second-order valence-corrected chi connectivity index (χ2v) is 14.2. The number of carbonyl (C=O) groups excluding carboxylic acids is 1. The smallest absolute Gasteiger partial charge is 0.242 e.